The van der Waals surface area contributed by atoms with E-state index >= 15 is 0 Å². The zero-order valence-corrected chi connectivity index (χ0v) is 16.3. The van der Waals surface area contributed by atoms with Crippen molar-refractivity contribution in [2.75, 3.05) is 24.4 Å². The molecule has 3 amide bonds. The molecule has 0 fully saturated rings. The highest BCUT2D eigenvalue weighted by atomic mass is 16.5. The van der Waals surface area contributed by atoms with Gasteiger partial charge in [-0.05, 0) is 48.5 Å². The highest BCUT2D eigenvalue weighted by Crippen LogP contribution is 2.30. The molecule has 4 rings (SSSR count). The maximum atomic E-state index is 12.7. The Hall–Kier alpha value is -4.13. The third kappa shape index (κ3) is 3.26. The molecule has 0 spiro atoms. The number of methoxy groups -OCH3 is 2. The molecule has 0 unspecified atom stereocenters. The second-order valence-electron chi connectivity index (χ2n) is 6.56. The van der Waals surface area contributed by atoms with Crippen LogP contribution in [0.1, 0.15) is 31.1 Å². The predicted molar refractivity (Wildman–Crippen MR) is 112 cm³/mol. The number of anilines is 2. The van der Waals surface area contributed by atoms with E-state index < -0.39 is 0 Å². The van der Waals surface area contributed by atoms with Gasteiger partial charge in [-0.25, -0.2) is 4.90 Å². The molecule has 30 heavy (non-hydrogen) atoms. The fourth-order valence-electron chi connectivity index (χ4n) is 3.29. The Bertz CT molecular complexity index is 1120. The smallest absolute Gasteiger partial charge is 0.266 e. The van der Waals surface area contributed by atoms with Crippen LogP contribution in [0.15, 0.2) is 66.7 Å². The molecule has 7 nitrogen and oxygen atoms in total. The van der Waals surface area contributed by atoms with Crippen LogP contribution in [0.5, 0.6) is 11.5 Å². The predicted octanol–water partition coefficient (Wildman–Crippen LogP) is 3.76. The number of hydrogen-bond acceptors (Lipinski definition) is 5. The van der Waals surface area contributed by atoms with Gasteiger partial charge in [0.25, 0.3) is 17.7 Å². The maximum absolute atomic E-state index is 12.7. The van der Waals surface area contributed by atoms with Gasteiger partial charge < -0.3 is 14.8 Å². The van der Waals surface area contributed by atoms with E-state index in [9.17, 15) is 14.4 Å². The lowest BCUT2D eigenvalue weighted by atomic mass is 10.1. The zero-order valence-electron chi connectivity index (χ0n) is 16.3. The first kappa shape index (κ1) is 19.2. The van der Waals surface area contributed by atoms with E-state index in [2.05, 4.69) is 5.32 Å². The van der Waals surface area contributed by atoms with Crippen molar-refractivity contribution < 1.29 is 23.9 Å². The van der Waals surface area contributed by atoms with E-state index in [-0.39, 0.29) is 17.7 Å². The van der Waals surface area contributed by atoms with Crippen LogP contribution >= 0.6 is 0 Å². The molecule has 3 aromatic carbocycles. The van der Waals surface area contributed by atoms with Gasteiger partial charge in [0.2, 0.25) is 0 Å². The second kappa shape index (κ2) is 7.71. The molecule has 1 aliphatic heterocycles. The molecule has 0 aliphatic carbocycles. The first-order chi connectivity index (χ1) is 14.5. The van der Waals surface area contributed by atoms with Crippen molar-refractivity contribution in [2.24, 2.45) is 0 Å². The van der Waals surface area contributed by atoms with Gasteiger partial charge in [-0.2, -0.15) is 0 Å². The largest absolute Gasteiger partial charge is 0.497 e. The Morgan fingerprint density at radius 2 is 1.47 bits per heavy atom. The van der Waals surface area contributed by atoms with E-state index in [0.29, 0.717) is 39.6 Å². The topological polar surface area (TPSA) is 84.9 Å². The van der Waals surface area contributed by atoms with Gasteiger partial charge in [0.05, 0.1) is 36.7 Å². The third-order valence-corrected chi connectivity index (χ3v) is 4.84. The number of carbonyl (C=O) groups excluding carboxylic acids is 3. The molecule has 7 heteroatoms. The number of fused-ring (bicyclic) bond motifs is 1. The number of nitrogens with zero attached hydrogens (tertiary/aromatic N) is 1. The minimum Gasteiger partial charge on any atom is -0.497 e. The van der Waals surface area contributed by atoms with Crippen LogP contribution in [0.3, 0.4) is 0 Å². The average molecular weight is 402 g/mol. The Labute approximate surface area is 172 Å². The summed E-state index contributed by atoms with van der Waals surface area (Å²) in [4.78, 5) is 39.0. The Balaban J connectivity index is 1.56. The molecule has 0 saturated carbocycles. The van der Waals surface area contributed by atoms with Crippen molar-refractivity contribution in [3.63, 3.8) is 0 Å². The Morgan fingerprint density at radius 3 is 2.03 bits per heavy atom. The Kier molecular flexibility index (Phi) is 4.93. The molecular weight excluding hydrogens is 384 g/mol. The summed E-state index contributed by atoms with van der Waals surface area (Å²) in [6, 6.07) is 18.0. The fourth-order valence-corrected chi connectivity index (χ4v) is 3.29. The van der Waals surface area contributed by atoms with Crippen molar-refractivity contribution >= 4 is 29.1 Å². The van der Waals surface area contributed by atoms with Crippen LogP contribution in [0.25, 0.3) is 0 Å². The van der Waals surface area contributed by atoms with Crippen LogP contribution < -0.4 is 19.7 Å². The summed E-state index contributed by atoms with van der Waals surface area (Å²) in [5, 5.41) is 2.78. The summed E-state index contributed by atoms with van der Waals surface area (Å²) in [5.41, 5.74) is 1.96. The zero-order chi connectivity index (χ0) is 21.3. The molecular formula is C23H18N2O5. The van der Waals surface area contributed by atoms with Crippen molar-refractivity contribution in [2.45, 2.75) is 0 Å². The van der Waals surface area contributed by atoms with E-state index in [1.165, 1.54) is 14.2 Å². The monoisotopic (exact) mass is 402 g/mol. The number of ether oxygens (including phenoxy) is 2. The molecule has 150 valence electrons. The van der Waals surface area contributed by atoms with Crippen LogP contribution in [-0.2, 0) is 0 Å². The summed E-state index contributed by atoms with van der Waals surface area (Å²) in [6.45, 7) is 0. The summed E-state index contributed by atoms with van der Waals surface area (Å²) < 4.78 is 10.5. The van der Waals surface area contributed by atoms with Crippen molar-refractivity contribution in [3.8, 4) is 11.5 Å². The fraction of sp³-hybridized carbons (Fsp3) is 0.0870. The number of hydrogen-bond donors (Lipinski definition) is 1. The average Bonchev–Trinajstić information content (AvgIpc) is 3.04. The maximum Gasteiger partial charge on any atom is 0.266 e. The number of imide groups is 1. The number of carbonyl (C=O) groups is 3. The molecule has 1 heterocycles. The molecule has 1 N–H and O–H groups in total. The van der Waals surface area contributed by atoms with Gasteiger partial charge in [-0.1, -0.05) is 12.1 Å². The third-order valence-electron chi connectivity index (χ3n) is 4.84. The lowest BCUT2D eigenvalue weighted by Gasteiger charge is -2.15. The second-order valence-corrected chi connectivity index (χ2v) is 6.56. The van der Waals surface area contributed by atoms with Gasteiger partial charge in [0, 0.05) is 11.6 Å². The highest BCUT2D eigenvalue weighted by molar-refractivity contribution is 6.34. The van der Waals surface area contributed by atoms with E-state index in [4.69, 9.17) is 9.47 Å². The highest BCUT2D eigenvalue weighted by Gasteiger charge is 2.36. The van der Waals surface area contributed by atoms with Gasteiger partial charge >= 0.3 is 0 Å². The van der Waals surface area contributed by atoms with Crippen LogP contribution in [0.4, 0.5) is 11.4 Å². The van der Waals surface area contributed by atoms with Gasteiger partial charge in [-0.3, -0.25) is 14.4 Å². The first-order valence-corrected chi connectivity index (χ1v) is 9.14. The van der Waals surface area contributed by atoms with Crippen molar-refractivity contribution in [1.82, 2.24) is 0 Å². The van der Waals surface area contributed by atoms with E-state index in [1.54, 1.807) is 66.7 Å². The Morgan fingerprint density at radius 1 is 0.833 bits per heavy atom. The van der Waals surface area contributed by atoms with Gasteiger partial charge in [0.1, 0.15) is 11.5 Å². The molecule has 0 aromatic heterocycles. The van der Waals surface area contributed by atoms with Crippen LogP contribution in [0, 0.1) is 0 Å². The standard InChI is InChI=1S/C23H18N2O5/c1-29-16-11-12-20(30-2)19(13-16)24-21(26)14-7-9-15(10-8-14)25-22(27)17-5-3-4-6-18(17)23(25)28/h3-13H,1-2H3,(H,24,26). The van der Waals surface area contributed by atoms with Crippen LogP contribution in [-0.4, -0.2) is 31.9 Å². The molecule has 1 aliphatic rings. The molecule has 3 aromatic rings. The van der Waals surface area contributed by atoms with E-state index in [0.717, 1.165) is 4.90 Å². The van der Waals surface area contributed by atoms with E-state index in [1.807, 2.05) is 0 Å². The summed E-state index contributed by atoms with van der Waals surface area (Å²) in [7, 11) is 3.04. The summed E-state index contributed by atoms with van der Waals surface area (Å²) in [6.07, 6.45) is 0. The van der Waals surface area contributed by atoms with Gasteiger partial charge in [-0.15, -0.1) is 0 Å². The van der Waals surface area contributed by atoms with Crippen LogP contribution in [0.2, 0.25) is 0 Å². The lowest BCUT2D eigenvalue weighted by molar-refractivity contribution is 0.0925. The molecule has 0 atom stereocenters. The lowest BCUT2D eigenvalue weighted by Crippen LogP contribution is -2.29. The number of rotatable bonds is 5. The quantitative estimate of drug-likeness (QED) is 0.657. The summed E-state index contributed by atoms with van der Waals surface area (Å²) in [5.74, 6) is -0.0582. The molecule has 0 radical (unpaired) electrons. The number of benzene rings is 3. The van der Waals surface area contributed by atoms with Crippen molar-refractivity contribution in [3.05, 3.63) is 83.4 Å². The number of amides is 3. The number of nitrogens with one attached hydrogen (secondary N) is 1. The minimum atomic E-state index is -0.381. The van der Waals surface area contributed by atoms with Crippen molar-refractivity contribution in [1.29, 1.82) is 0 Å². The molecule has 0 saturated heterocycles. The molecule has 0 bridgehead atoms. The minimum absolute atomic E-state index is 0.361. The first-order valence-electron chi connectivity index (χ1n) is 9.14. The normalized spacial score (nSPS) is 12.5. The summed E-state index contributed by atoms with van der Waals surface area (Å²) >= 11 is 0. The van der Waals surface area contributed by atoms with Gasteiger partial charge in [0.15, 0.2) is 0 Å². The SMILES string of the molecule is COc1ccc(OC)c(NC(=O)c2ccc(N3C(=O)c4ccccc4C3=O)cc2)c1.